The van der Waals surface area contributed by atoms with Crippen LogP contribution in [-0.4, -0.2) is 23.4 Å². The third-order valence-electron chi connectivity index (χ3n) is 4.85. The van der Waals surface area contributed by atoms with Gasteiger partial charge in [-0.05, 0) is 43.5 Å². The monoisotopic (exact) mass is 366 g/mol. The molecule has 1 aliphatic carbocycles. The summed E-state index contributed by atoms with van der Waals surface area (Å²) in [6.45, 7) is 0. The summed E-state index contributed by atoms with van der Waals surface area (Å²) in [6, 6.07) is 8.38. The Balaban J connectivity index is 1.88. The van der Waals surface area contributed by atoms with Gasteiger partial charge in [0.2, 0.25) is 5.75 Å². The van der Waals surface area contributed by atoms with Crippen LogP contribution in [0.2, 0.25) is 0 Å². The standard InChI is InChI=1S/C20H18N2O5/c1-26-13-8-6-12(7-9-13)21-11-15-19-14-4-2-3-5-17(14)27-18(19)10-16(20(15)23)22(24)25/h6-11,23H,2-5H2,1H3. The zero-order valence-corrected chi connectivity index (χ0v) is 14.8. The van der Waals surface area contributed by atoms with E-state index in [1.165, 1.54) is 12.3 Å². The zero-order chi connectivity index (χ0) is 19.0. The molecular weight excluding hydrogens is 348 g/mol. The van der Waals surface area contributed by atoms with Crippen molar-refractivity contribution in [3.8, 4) is 11.5 Å². The fourth-order valence-corrected chi connectivity index (χ4v) is 3.51. The average molecular weight is 366 g/mol. The molecule has 0 spiro atoms. The first-order chi connectivity index (χ1) is 13.1. The highest BCUT2D eigenvalue weighted by Gasteiger charge is 2.27. The third-order valence-corrected chi connectivity index (χ3v) is 4.85. The second-order valence-corrected chi connectivity index (χ2v) is 6.46. The highest BCUT2D eigenvalue weighted by molar-refractivity contribution is 6.05. The number of aryl methyl sites for hydroxylation is 2. The molecule has 138 valence electrons. The van der Waals surface area contributed by atoms with E-state index in [-0.39, 0.29) is 11.4 Å². The molecule has 0 bridgehead atoms. The number of nitro benzene ring substituents is 1. The average Bonchev–Trinajstić information content (AvgIpc) is 3.05. The zero-order valence-electron chi connectivity index (χ0n) is 14.8. The van der Waals surface area contributed by atoms with Gasteiger partial charge in [0.1, 0.15) is 17.1 Å². The molecular formula is C20H18N2O5. The number of methoxy groups -OCH3 is 1. The summed E-state index contributed by atoms with van der Waals surface area (Å²) in [7, 11) is 1.58. The highest BCUT2D eigenvalue weighted by Crippen LogP contribution is 2.41. The minimum absolute atomic E-state index is 0.321. The SMILES string of the molecule is COc1ccc(N=Cc2c(O)c([N+](=O)[O-])cc3oc4c(c23)CCCC4)cc1. The quantitative estimate of drug-likeness (QED) is 0.410. The van der Waals surface area contributed by atoms with Crippen LogP contribution in [0.15, 0.2) is 39.7 Å². The number of aromatic hydroxyl groups is 1. The van der Waals surface area contributed by atoms with Crippen LogP contribution >= 0.6 is 0 Å². The van der Waals surface area contributed by atoms with Crippen molar-refractivity contribution in [1.82, 2.24) is 0 Å². The van der Waals surface area contributed by atoms with E-state index >= 15 is 0 Å². The van der Waals surface area contributed by atoms with Gasteiger partial charge in [-0.15, -0.1) is 0 Å². The fraction of sp³-hybridized carbons (Fsp3) is 0.250. The highest BCUT2D eigenvalue weighted by atomic mass is 16.6. The van der Waals surface area contributed by atoms with E-state index < -0.39 is 4.92 Å². The Morgan fingerprint density at radius 1 is 1.26 bits per heavy atom. The lowest BCUT2D eigenvalue weighted by molar-refractivity contribution is -0.385. The maximum absolute atomic E-state index is 11.4. The molecule has 1 heterocycles. The summed E-state index contributed by atoms with van der Waals surface area (Å²) in [5.74, 6) is 1.16. The van der Waals surface area contributed by atoms with Crippen LogP contribution in [-0.2, 0) is 12.8 Å². The molecule has 0 aliphatic heterocycles. The lowest BCUT2D eigenvalue weighted by atomic mass is 9.93. The van der Waals surface area contributed by atoms with Crippen LogP contribution in [0.5, 0.6) is 11.5 Å². The van der Waals surface area contributed by atoms with E-state index in [1.54, 1.807) is 31.4 Å². The number of phenols is 1. The van der Waals surface area contributed by atoms with Crippen molar-refractivity contribution in [3.63, 3.8) is 0 Å². The van der Waals surface area contributed by atoms with E-state index in [0.29, 0.717) is 28.0 Å². The van der Waals surface area contributed by atoms with E-state index in [9.17, 15) is 15.2 Å². The number of nitrogens with zero attached hydrogens (tertiary/aromatic N) is 2. The molecule has 0 fully saturated rings. The second kappa shape index (κ2) is 6.75. The molecule has 1 aliphatic rings. The summed E-state index contributed by atoms with van der Waals surface area (Å²) in [5, 5.41) is 22.6. The molecule has 1 aromatic heterocycles. The van der Waals surface area contributed by atoms with Gasteiger partial charge in [0.15, 0.2) is 0 Å². The Labute approximate surface area is 155 Å². The third kappa shape index (κ3) is 3.01. The molecule has 0 saturated heterocycles. The van der Waals surface area contributed by atoms with Crippen molar-refractivity contribution in [2.24, 2.45) is 4.99 Å². The minimum atomic E-state index is -0.610. The fourth-order valence-electron chi connectivity index (χ4n) is 3.51. The van der Waals surface area contributed by atoms with E-state index in [4.69, 9.17) is 9.15 Å². The van der Waals surface area contributed by atoms with Crippen molar-refractivity contribution in [3.05, 3.63) is 57.3 Å². The first-order valence-corrected chi connectivity index (χ1v) is 8.71. The molecule has 0 atom stereocenters. The smallest absolute Gasteiger partial charge is 0.315 e. The van der Waals surface area contributed by atoms with Gasteiger partial charge in [0.05, 0.1) is 29.4 Å². The van der Waals surface area contributed by atoms with Crippen molar-refractivity contribution >= 4 is 28.6 Å². The van der Waals surface area contributed by atoms with Crippen LogP contribution in [0.3, 0.4) is 0 Å². The Hall–Kier alpha value is -3.35. The number of rotatable bonds is 4. The van der Waals surface area contributed by atoms with E-state index in [0.717, 1.165) is 37.0 Å². The van der Waals surface area contributed by atoms with Gasteiger partial charge in [-0.3, -0.25) is 15.1 Å². The van der Waals surface area contributed by atoms with Crippen molar-refractivity contribution in [1.29, 1.82) is 0 Å². The number of aliphatic imine (C=N–C) groups is 1. The molecule has 0 amide bonds. The molecule has 4 rings (SSSR count). The van der Waals surface area contributed by atoms with Crippen molar-refractivity contribution in [2.45, 2.75) is 25.7 Å². The largest absolute Gasteiger partial charge is 0.502 e. The van der Waals surface area contributed by atoms with Crippen LogP contribution in [0.1, 0.15) is 29.7 Å². The summed E-state index contributed by atoms with van der Waals surface area (Å²) >= 11 is 0. The predicted molar refractivity (Wildman–Crippen MR) is 101 cm³/mol. The van der Waals surface area contributed by atoms with Crippen molar-refractivity contribution in [2.75, 3.05) is 7.11 Å². The Bertz CT molecular complexity index is 1050. The van der Waals surface area contributed by atoms with Gasteiger partial charge in [0, 0.05) is 23.6 Å². The second-order valence-electron chi connectivity index (χ2n) is 6.46. The summed E-state index contributed by atoms with van der Waals surface area (Å²) in [4.78, 5) is 15.1. The van der Waals surface area contributed by atoms with Crippen LogP contribution < -0.4 is 4.74 Å². The Kier molecular flexibility index (Phi) is 4.27. The van der Waals surface area contributed by atoms with Gasteiger partial charge in [0.25, 0.3) is 0 Å². The number of ether oxygens (including phenoxy) is 1. The minimum Gasteiger partial charge on any atom is -0.502 e. The molecule has 1 N–H and O–H groups in total. The Morgan fingerprint density at radius 2 is 2.00 bits per heavy atom. The summed E-state index contributed by atoms with van der Waals surface area (Å²) in [6.07, 6.45) is 5.14. The van der Waals surface area contributed by atoms with Crippen LogP contribution in [0.25, 0.3) is 11.0 Å². The molecule has 7 heteroatoms. The number of fused-ring (bicyclic) bond motifs is 3. The lowest BCUT2D eigenvalue weighted by Gasteiger charge is -2.10. The molecule has 0 radical (unpaired) electrons. The summed E-state index contributed by atoms with van der Waals surface area (Å²) < 4.78 is 11.0. The van der Waals surface area contributed by atoms with Crippen molar-refractivity contribution < 1.29 is 19.2 Å². The number of hydrogen-bond donors (Lipinski definition) is 1. The lowest BCUT2D eigenvalue weighted by Crippen LogP contribution is -2.00. The Morgan fingerprint density at radius 3 is 2.70 bits per heavy atom. The first-order valence-electron chi connectivity index (χ1n) is 8.71. The molecule has 7 nitrogen and oxygen atoms in total. The number of hydrogen-bond acceptors (Lipinski definition) is 6. The number of furan rings is 1. The molecule has 0 unspecified atom stereocenters. The number of nitro groups is 1. The maximum atomic E-state index is 11.4. The van der Waals surface area contributed by atoms with Crippen LogP contribution in [0.4, 0.5) is 11.4 Å². The van der Waals surface area contributed by atoms with Gasteiger partial charge < -0.3 is 14.3 Å². The number of phenolic OH excluding ortho intramolecular Hbond substituents is 1. The van der Waals surface area contributed by atoms with E-state index in [2.05, 4.69) is 4.99 Å². The first kappa shape index (κ1) is 17.1. The molecule has 0 saturated carbocycles. The molecule has 2 aromatic carbocycles. The predicted octanol–water partition coefficient (Wildman–Crippen LogP) is 4.68. The van der Waals surface area contributed by atoms with Gasteiger partial charge >= 0.3 is 5.69 Å². The summed E-state index contributed by atoms with van der Waals surface area (Å²) in [5.41, 5.74) is 2.01. The number of benzene rings is 2. The van der Waals surface area contributed by atoms with Crippen LogP contribution in [0, 0.1) is 10.1 Å². The molecule has 27 heavy (non-hydrogen) atoms. The van der Waals surface area contributed by atoms with Gasteiger partial charge in [-0.25, -0.2) is 0 Å². The maximum Gasteiger partial charge on any atom is 0.315 e. The normalized spacial score (nSPS) is 13.8. The molecule has 3 aromatic rings. The van der Waals surface area contributed by atoms with Gasteiger partial charge in [-0.1, -0.05) is 0 Å². The van der Waals surface area contributed by atoms with Gasteiger partial charge in [-0.2, -0.15) is 0 Å². The topological polar surface area (TPSA) is 98.1 Å². The van der Waals surface area contributed by atoms with E-state index in [1.807, 2.05) is 0 Å².